The first-order chi connectivity index (χ1) is 8.11. The normalized spacial score (nSPS) is 12.2. The predicted octanol–water partition coefficient (Wildman–Crippen LogP) is 1.76. The third kappa shape index (κ3) is 5.49. The van der Waals surface area contributed by atoms with Gasteiger partial charge in [-0.25, -0.2) is 4.98 Å². The summed E-state index contributed by atoms with van der Waals surface area (Å²) in [6.07, 6.45) is 1.45. The summed E-state index contributed by atoms with van der Waals surface area (Å²) in [5.41, 5.74) is 0. The van der Waals surface area contributed by atoms with Gasteiger partial charge in [-0.3, -0.25) is 0 Å². The number of aliphatic hydroxyl groups excluding tert-OH is 1. The first kappa shape index (κ1) is 13.7. The Morgan fingerprint density at radius 1 is 1.47 bits per heavy atom. The minimum absolute atomic E-state index is 0.247. The van der Waals surface area contributed by atoms with E-state index in [1.807, 2.05) is 13.8 Å². The Morgan fingerprint density at radius 3 is 2.88 bits per heavy atom. The van der Waals surface area contributed by atoms with Gasteiger partial charge in [0, 0.05) is 12.6 Å². The lowest BCUT2D eigenvalue weighted by Crippen LogP contribution is -2.08. The van der Waals surface area contributed by atoms with Gasteiger partial charge in [-0.1, -0.05) is 0 Å². The fourth-order valence-electron chi connectivity index (χ4n) is 1.47. The van der Waals surface area contributed by atoms with Crippen LogP contribution in [0.4, 0.5) is 5.82 Å². The van der Waals surface area contributed by atoms with E-state index in [0.717, 1.165) is 25.2 Å². The van der Waals surface area contributed by atoms with Crippen molar-refractivity contribution in [3.8, 4) is 5.88 Å². The highest BCUT2D eigenvalue weighted by Gasteiger charge is 2.02. The van der Waals surface area contributed by atoms with Gasteiger partial charge in [-0.05, 0) is 33.6 Å². The van der Waals surface area contributed by atoms with Gasteiger partial charge >= 0.3 is 0 Å². The molecule has 0 spiro atoms. The van der Waals surface area contributed by atoms with E-state index < -0.39 is 0 Å². The van der Waals surface area contributed by atoms with Crippen LogP contribution >= 0.6 is 0 Å². The van der Waals surface area contributed by atoms with Crippen LogP contribution in [0, 0.1) is 6.92 Å². The van der Waals surface area contributed by atoms with Crippen molar-refractivity contribution in [1.29, 1.82) is 0 Å². The number of aryl methyl sites for hydroxylation is 1. The topological polar surface area (TPSA) is 67.3 Å². The van der Waals surface area contributed by atoms with E-state index in [2.05, 4.69) is 15.3 Å². The number of nitrogens with one attached hydrogen (secondary N) is 1. The van der Waals surface area contributed by atoms with Crippen molar-refractivity contribution >= 4 is 5.82 Å². The monoisotopic (exact) mass is 239 g/mol. The van der Waals surface area contributed by atoms with Crippen LogP contribution in [0.2, 0.25) is 0 Å². The van der Waals surface area contributed by atoms with Crippen molar-refractivity contribution in [1.82, 2.24) is 9.97 Å². The summed E-state index contributed by atoms with van der Waals surface area (Å²) in [6.45, 7) is 6.93. The Balaban J connectivity index is 2.46. The van der Waals surface area contributed by atoms with Gasteiger partial charge in [0.05, 0.1) is 12.7 Å². The summed E-state index contributed by atoms with van der Waals surface area (Å²) in [7, 11) is 0. The number of nitrogens with zero attached hydrogens (tertiary/aromatic N) is 2. The molecule has 5 nitrogen and oxygen atoms in total. The lowest BCUT2D eigenvalue weighted by molar-refractivity contribution is 0.183. The Labute approximate surface area is 102 Å². The Kier molecular flexibility index (Phi) is 5.69. The lowest BCUT2D eigenvalue weighted by atomic mass is 10.2. The highest BCUT2D eigenvalue weighted by Crippen LogP contribution is 2.13. The van der Waals surface area contributed by atoms with E-state index in [0.29, 0.717) is 18.3 Å². The number of aromatic nitrogens is 2. The predicted molar refractivity (Wildman–Crippen MR) is 67.3 cm³/mol. The molecule has 1 heterocycles. The molecule has 96 valence electrons. The van der Waals surface area contributed by atoms with E-state index >= 15 is 0 Å². The van der Waals surface area contributed by atoms with Gasteiger partial charge in [-0.15, -0.1) is 0 Å². The van der Waals surface area contributed by atoms with Crippen LogP contribution in [0.25, 0.3) is 0 Å². The summed E-state index contributed by atoms with van der Waals surface area (Å²) < 4.78 is 5.34. The molecule has 1 unspecified atom stereocenters. The molecule has 17 heavy (non-hydrogen) atoms. The van der Waals surface area contributed by atoms with E-state index in [-0.39, 0.29) is 6.10 Å². The average molecular weight is 239 g/mol. The highest BCUT2D eigenvalue weighted by atomic mass is 16.5. The molecule has 0 aliphatic heterocycles. The Bertz CT molecular complexity index is 343. The van der Waals surface area contributed by atoms with E-state index in [9.17, 15) is 0 Å². The number of hydrogen-bond acceptors (Lipinski definition) is 5. The molecule has 0 bridgehead atoms. The second-order valence-corrected chi connectivity index (χ2v) is 3.99. The summed E-state index contributed by atoms with van der Waals surface area (Å²) >= 11 is 0. The summed E-state index contributed by atoms with van der Waals surface area (Å²) in [6, 6.07) is 1.79. The smallest absolute Gasteiger partial charge is 0.218 e. The molecule has 1 atom stereocenters. The molecule has 1 rings (SSSR count). The van der Waals surface area contributed by atoms with Gasteiger partial charge in [0.1, 0.15) is 11.6 Å². The second-order valence-electron chi connectivity index (χ2n) is 3.99. The number of rotatable bonds is 7. The zero-order valence-electron chi connectivity index (χ0n) is 10.7. The van der Waals surface area contributed by atoms with Gasteiger partial charge in [-0.2, -0.15) is 4.98 Å². The highest BCUT2D eigenvalue weighted by molar-refractivity contribution is 5.38. The van der Waals surface area contributed by atoms with Crippen LogP contribution in [-0.4, -0.2) is 34.3 Å². The average Bonchev–Trinajstić information content (AvgIpc) is 2.24. The molecule has 0 aromatic carbocycles. The third-order valence-electron chi connectivity index (χ3n) is 2.21. The number of ether oxygens (including phenoxy) is 1. The minimum Gasteiger partial charge on any atom is -0.478 e. The molecule has 2 N–H and O–H groups in total. The van der Waals surface area contributed by atoms with Gasteiger partial charge in [0.25, 0.3) is 0 Å². The van der Waals surface area contributed by atoms with Crippen molar-refractivity contribution in [3.05, 3.63) is 11.9 Å². The molecule has 0 saturated carbocycles. The molecule has 5 heteroatoms. The molecular weight excluding hydrogens is 218 g/mol. The van der Waals surface area contributed by atoms with Gasteiger partial charge < -0.3 is 15.2 Å². The molecule has 0 aliphatic rings. The zero-order chi connectivity index (χ0) is 12.7. The molecule has 0 amide bonds. The van der Waals surface area contributed by atoms with E-state index in [4.69, 9.17) is 9.84 Å². The maximum Gasteiger partial charge on any atom is 0.218 e. The Hall–Kier alpha value is -1.36. The molecule has 1 aromatic rings. The quantitative estimate of drug-likeness (QED) is 0.710. The fourth-order valence-corrected chi connectivity index (χ4v) is 1.47. The molecule has 1 aromatic heterocycles. The number of anilines is 1. The first-order valence-corrected chi connectivity index (χ1v) is 6.02. The fraction of sp³-hybridized carbons (Fsp3) is 0.667. The van der Waals surface area contributed by atoms with E-state index in [1.165, 1.54) is 0 Å². The zero-order valence-corrected chi connectivity index (χ0v) is 10.7. The van der Waals surface area contributed by atoms with Crippen LogP contribution in [0.3, 0.4) is 0 Å². The van der Waals surface area contributed by atoms with Crippen molar-refractivity contribution in [2.45, 2.75) is 39.7 Å². The van der Waals surface area contributed by atoms with Crippen LogP contribution in [0.1, 0.15) is 32.5 Å². The van der Waals surface area contributed by atoms with Crippen molar-refractivity contribution < 1.29 is 9.84 Å². The standard InChI is InChI=1S/C12H21N3O2/c1-4-17-12-8-11(14-10(3)15-12)13-7-5-6-9(2)16/h8-9,16H,4-7H2,1-3H3,(H,13,14,15). The molecule has 0 aliphatic carbocycles. The van der Waals surface area contributed by atoms with Crippen LogP contribution in [0.5, 0.6) is 5.88 Å². The van der Waals surface area contributed by atoms with Gasteiger partial charge in [0.2, 0.25) is 5.88 Å². The SMILES string of the molecule is CCOc1cc(NCCCC(C)O)nc(C)n1. The molecule has 0 fully saturated rings. The Morgan fingerprint density at radius 2 is 2.24 bits per heavy atom. The van der Waals surface area contributed by atoms with Crippen molar-refractivity contribution in [2.75, 3.05) is 18.5 Å². The third-order valence-corrected chi connectivity index (χ3v) is 2.21. The van der Waals surface area contributed by atoms with Gasteiger partial charge in [0.15, 0.2) is 0 Å². The molecule has 0 saturated heterocycles. The minimum atomic E-state index is -0.247. The molecule has 0 radical (unpaired) electrons. The summed E-state index contributed by atoms with van der Waals surface area (Å²) in [5.74, 6) is 2.05. The van der Waals surface area contributed by atoms with Crippen molar-refractivity contribution in [2.24, 2.45) is 0 Å². The van der Waals surface area contributed by atoms with Crippen LogP contribution in [0.15, 0.2) is 6.07 Å². The number of hydrogen-bond donors (Lipinski definition) is 2. The first-order valence-electron chi connectivity index (χ1n) is 6.02. The summed E-state index contributed by atoms with van der Waals surface area (Å²) in [4.78, 5) is 8.43. The second kappa shape index (κ2) is 7.06. The summed E-state index contributed by atoms with van der Waals surface area (Å²) in [5, 5.41) is 12.3. The molecular formula is C12H21N3O2. The maximum absolute atomic E-state index is 9.13. The largest absolute Gasteiger partial charge is 0.478 e. The van der Waals surface area contributed by atoms with Crippen molar-refractivity contribution in [3.63, 3.8) is 0 Å². The van der Waals surface area contributed by atoms with Crippen LogP contribution < -0.4 is 10.1 Å². The van der Waals surface area contributed by atoms with Crippen LogP contribution in [-0.2, 0) is 0 Å². The van der Waals surface area contributed by atoms with E-state index in [1.54, 1.807) is 13.0 Å². The lowest BCUT2D eigenvalue weighted by Gasteiger charge is -2.09. The maximum atomic E-state index is 9.13. The number of aliphatic hydroxyl groups is 1.